The van der Waals surface area contributed by atoms with E-state index < -0.39 is 12.4 Å². The number of hydrogen-bond acceptors (Lipinski definition) is 4. The van der Waals surface area contributed by atoms with Gasteiger partial charge in [-0.2, -0.15) is 5.26 Å². The highest BCUT2D eigenvalue weighted by molar-refractivity contribution is 5.68. The van der Waals surface area contributed by atoms with E-state index in [1.54, 1.807) is 0 Å². The number of nitrogens with zero attached hydrogens (tertiary/aromatic N) is 2. The molecule has 0 aromatic heterocycles. The van der Waals surface area contributed by atoms with Crippen molar-refractivity contribution in [3.05, 3.63) is 71.3 Å². The van der Waals surface area contributed by atoms with Crippen molar-refractivity contribution in [2.45, 2.75) is 44.1 Å². The molecule has 30 heavy (non-hydrogen) atoms. The number of ether oxygens (including phenoxy) is 1. The van der Waals surface area contributed by atoms with E-state index in [0.717, 1.165) is 24.9 Å². The third-order valence-electron chi connectivity index (χ3n) is 6.01. The third kappa shape index (κ3) is 4.98. The Morgan fingerprint density at radius 2 is 1.93 bits per heavy atom. The molecule has 156 valence electrons. The molecule has 2 aromatic carbocycles. The molecule has 1 saturated heterocycles. The summed E-state index contributed by atoms with van der Waals surface area (Å²) < 4.78 is 19.9. The van der Waals surface area contributed by atoms with E-state index in [0.29, 0.717) is 30.5 Å². The van der Waals surface area contributed by atoms with Gasteiger partial charge in [-0.25, -0.2) is 9.18 Å². The first-order chi connectivity index (χ1) is 14.6. The smallest absolute Gasteiger partial charge is 0.412 e. The predicted molar refractivity (Wildman–Crippen MR) is 111 cm³/mol. The van der Waals surface area contributed by atoms with Crippen LogP contribution in [0.25, 0.3) is 0 Å². The van der Waals surface area contributed by atoms with E-state index in [9.17, 15) is 9.18 Å². The number of amides is 1. The molecule has 0 spiro atoms. The van der Waals surface area contributed by atoms with Crippen molar-refractivity contribution in [1.29, 1.82) is 5.26 Å². The molecule has 2 aliphatic rings. The van der Waals surface area contributed by atoms with Gasteiger partial charge in [0.05, 0.1) is 11.6 Å². The standard InChI is InChI=1S/C24H26FN3O2/c25-23-12-19(10-11-28(23)24(29)30-16-18-4-2-1-3-5-18)15-27-22-13-21(22)20-8-6-17(14-26)7-9-20/h1-9,19,21-23,27H,10-13,15-16H2/t19?,21-,22+,23?/m0/s1. The lowest BCUT2D eigenvalue weighted by Crippen LogP contribution is -2.46. The molecule has 6 heteroatoms. The Bertz CT molecular complexity index is 897. The molecule has 2 unspecified atom stereocenters. The minimum absolute atomic E-state index is 0.159. The van der Waals surface area contributed by atoms with Crippen molar-refractivity contribution in [1.82, 2.24) is 10.2 Å². The summed E-state index contributed by atoms with van der Waals surface area (Å²) in [4.78, 5) is 13.4. The van der Waals surface area contributed by atoms with Crippen LogP contribution in [0.4, 0.5) is 9.18 Å². The van der Waals surface area contributed by atoms with E-state index >= 15 is 0 Å². The van der Waals surface area contributed by atoms with Gasteiger partial charge in [0, 0.05) is 24.9 Å². The lowest BCUT2D eigenvalue weighted by molar-refractivity contribution is 0.00934. The predicted octanol–water partition coefficient (Wildman–Crippen LogP) is 4.35. The molecular formula is C24H26FN3O2. The maximum absolute atomic E-state index is 14.6. The zero-order chi connectivity index (χ0) is 20.9. The normalized spacial score (nSPS) is 25.4. The van der Waals surface area contributed by atoms with Gasteiger partial charge < -0.3 is 10.1 Å². The van der Waals surface area contributed by atoms with Crippen LogP contribution in [0.3, 0.4) is 0 Å². The molecule has 1 heterocycles. The number of hydrogen-bond donors (Lipinski definition) is 1. The van der Waals surface area contributed by atoms with Gasteiger partial charge in [0.25, 0.3) is 0 Å². The first-order valence-electron chi connectivity index (χ1n) is 10.5. The second kappa shape index (κ2) is 9.27. The highest BCUT2D eigenvalue weighted by atomic mass is 19.1. The van der Waals surface area contributed by atoms with Crippen molar-refractivity contribution < 1.29 is 13.9 Å². The van der Waals surface area contributed by atoms with Crippen LogP contribution >= 0.6 is 0 Å². The molecule has 4 rings (SSSR count). The minimum Gasteiger partial charge on any atom is -0.444 e. The fraction of sp³-hybridized carbons (Fsp3) is 0.417. The van der Waals surface area contributed by atoms with Gasteiger partial charge >= 0.3 is 6.09 Å². The number of halogens is 1. The number of benzene rings is 2. The van der Waals surface area contributed by atoms with Gasteiger partial charge in [0.2, 0.25) is 0 Å². The van der Waals surface area contributed by atoms with Crippen molar-refractivity contribution >= 4 is 6.09 Å². The average Bonchev–Trinajstić information content (AvgIpc) is 3.56. The number of rotatable bonds is 6. The fourth-order valence-electron chi connectivity index (χ4n) is 4.09. The molecule has 1 N–H and O–H groups in total. The molecule has 0 radical (unpaired) electrons. The topological polar surface area (TPSA) is 65.4 Å². The lowest BCUT2D eigenvalue weighted by atomic mass is 9.96. The maximum atomic E-state index is 14.6. The molecule has 1 aliphatic heterocycles. The highest BCUT2D eigenvalue weighted by Gasteiger charge is 2.39. The van der Waals surface area contributed by atoms with Gasteiger partial charge in [0.1, 0.15) is 6.61 Å². The largest absolute Gasteiger partial charge is 0.444 e. The summed E-state index contributed by atoms with van der Waals surface area (Å²) in [5.74, 6) is 0.673. The highest BCUT2D eigenvalue weighted by Crippen LogP contribution is 2.41. The summed E-state index contributed by atoms with van der Waals surface area (Å²) in [6.45, 7) is 1.29. The van der Waals surface area contributed by atoms with Crippen LogP contribution in [-0.4, -0.2) is 36.4 Å². The zero-order valence-electron chi connectivity index (χ0n) is 16.8. The summed E-state index contributed by atoms with van der Waals surface area (Å²) in [6.07, 6.45) is 0.280. The van der Waals surface area contributed by atoms with E-state index in [4.69, 9.17) is 10.00 Å². The van der Waals surface area contributed by atoms with Crippen molar-refractivity contribution in [3.8, 4) is 6.07 Å². The average molecular weight is 407 g/mol. The number of alkyl halides is 1. The Labute approximate surface area is 176 Å². The van der Waals surface area contributed by atoms with Gasteiger partial charge in [-0.3, -0.25) is 4.90 Å². The third-order valence-corrected chi connectivity index (χ3v) is 6.01. The number of likely N-dealkylation sites (tertiary alicyclic amines) is 1. The van der Waals surface area contributed by atoms with E-state index in [1.165, 1.54) is 10.5 Å². The van der Waals surface area contributed by atoms with Gasteiger partial charge in [-0.15, -0.1) is 0 Å². The van der Waals surface area contributed by atoms with E-state index in [1.807, 2.05) is 54.6 Å². The fourth-order valence-corrected chi connectivity index (χ4v) is 4.09. The lowest BCUT2D eigenvalue weighted by Gasteiger charge is -2.34. The molecule has 2 aromatic rings. The van der Waals surface area contributed by atoms with Crippen molar-refractivity contribution in [2.75, 3.05) is 13.1 Å². The van der Waals surface area contributed by atoms with E-state index in [2.05, 4.69) is 11.4 Å². The Kier molecular flexibility index (Phi) is 6.29. The second-order valence-corrected chi connectivity index (χ2v) is 8.15. The Morgan fingerprint density at radius 3 is 2.63 bits per heavy atom. The van der Waals surface area contributed by atoms with Crippen molar-refractivity contribution in [2.24, 2.45) is 5.92 Å². The van der Waals surface area contributed by atoms with Crippen LogP contribution in [0.1, 0.15) is 41.9 Å². The van der Waals surface area contributed by atoms with Crippen LogP contribution in [-0.2, 0) is 11.3 Å². The van der Waals surface area contributed by atoms with Crippen LogP contribution in [0, 0.1) is 17.2 Å². The summed E-state index contributed by atoms with van der Waals surface area (Å²) >= 11 is 0. The molecule has 1 saturated carbocycles. The van der Waals surface area contributed by atoms with Gasteiger partial charge in [-0.1, -0.05) is 42.5 Å². The minimum atomic E-state index is -1.30. The van der Waals surface area contributed by atoms with Gasteiger partial charge in [0.15, 0.2) is 6.30 Å². The second-order valence-electron chi connectivity index (χ2n) is 8.15. The van der Waals surface area contributed by atoms with Crippen LogP contribution < -0.4 is 5.32 Å². The molecule has 5 nitrogen and oxygen atoms in total. The Morgan fingerprint density at radius 1 is 1.17 bits per heavy atom. The maximum Gasteiger partial charge on any atom is 0.412 e. The monoisotopic (exact) mass is 407 g/mol. The van der Waals surface area contributed by atoms with Crippen LogP contribution in [0.2, 0.25) is 0 Å². The van der Waals surface area contributed by atoms with Crippen LogP contribution in [0.15, 0.2) is 54.6 Å². The SMILES string of the molecule is N#Cc1ccc([C@@H]2C[C@H]2NCC2CCN(C(=O)OCc3ccccc3)C(F)C2)cc1. The molecular weight excluding hydrogens is 381 g/mol. The summed E-state index contributed by atoms with van der Waals surface area (Å²) in [7, 11) is 0. The van der Waals surface area contributed by atoms with Crippen LogP contribution in [0.5, 0.6) is 0 Å². The number of nitrogens with one attached hydrogen (secondary N) is 1. The summed E-state index contributed by atoms with van der Waals surface area (Å²) in [6, 6.07) is 19.7. The molecule has 1 aliphatic carbocycles. The Balaban J connectivity index is 1.18. The van der Waals surface area contributed by atoms with E-state index in [-0.39, 0.29) is 12.5 Å². The van der Waals surface area contributed by atoms with Crippen molar-refractivity contribution in [3.63, 3.8) is 0 Å². The quantitative estimate of drug-likeness (QED) is 0.723. The van der Waals surface area contributed by atoms with Gasteiger partial charge in [-0.05, 0) is 48.6 Å². The first kappa shape index (κ1) is 20.4. The summed E-state index contributed by atoms with van der Waals surface area (Å²) in [5.41, 5.74) is 2.80. The molecule has 0 bridgehead atoms. The first-order valence-corrected chi connectivity index (χ1v) is 10.5. The number of carbonyl (C=O) groups excluding carboxylic acids is 1. The molecule has 4 atom stereocenters. The number of nitriles is 1. The Hall–Kier alpha value is -2.91. The summed E-state index contributed by atoms with van der Waals surface area (Å²) in [5, 5.41) is 12.4. The zero-order valence-corrected chi connectivity index (χ0v) is 16.8. The molecule has 1 amide bonds. The number of piperidine rings is 1. The number of carbonyl (C=O) groups is 1. The molecule has 2 fully saturated rings.